The van der Waals surface area contributed by atoms with Gasteiger partial charge in [-0.1, -0.05) is 6.92 Å². The van der Waals surface area contributed by atoms with E-state index >= 15 is 0 Å². The largest absolute Gasteiger partial charge is 0.311 e. The fourth-order valence-corrected chi connectivity index (χ4v) is 1.33. The summed E-state index contributed by atoms with van der Waals surface area (Å²) in [5.74, 6) is 0.863. The van der Waals surface area contributed by atoms with Gasteiger partial charge in [-0.05, 0) is 18.8 Å². The standard InChI is InChI=1S/C7H14FN/c1-6-4-7(5-6)9-3-2-8/h6-7,9H,2-5H2,1H3. The first-order valence-electron chi connectivity index (χ1n) is 3.62. The third-order valence-electron chi connectivity index (χ3n) is 1.90. The maximum Gasteiger partial charge on any atom is 0.102 e. The Bertz CT molecular complexity index is 79.0. The summed E-state index contributed by atoms with van der Waals surface area (Å²) in [7, 11) is 0. The maximum atomic E-state index is 11.5. The third-order valence-corrected chi connectivity index (χ3v) is 1.90. The first-order chi connectivity index (χ1) is 4.33. The molecule has 0 aliphatic heterocycles. The number of hydrogen-bond acceptors (Lipinski definition) is 1. The number of rotatable bonds is 3. The van der Waals surface area contributed by atoms with Gasteiger partial charge in [0.25, 0.3) is 0 Å². The second-order valence-corrected chi connectivity index (χ2v) is 2.92. The molecule has 9 heavy (non-hydrogen) atoms. The van der Waals surface area contributed by atoms with Gasteiger partial charge in [0.05, 0.1) is 0 Å². The number of nitrogens with one attached hydrogen (secondary N) is 1. The van der Waals surface area contributed by atoms with E-state index in [4.69, 9.17) is 0 Å². The van der Waals surface area contributed by atoms with Gasteiger partial charge >= 0.3 is 0 Å². The van der Waals surface area contributed by atoms with E-state index < -0.39 is 0 Å². The van der Waals surface area contributed by atoms with Gasteiger partial charge in [0.1, 0.15) is 6.67 Å². The van der Waals surface area contributed by atoms with Crippen molar-refractivity contribution in [1.29, 1.82) is 0 Å². The summed E-state index contributed by atoms with van der Waals surface area (Å²) in [6.45, 7) is 2.54. The smallest absolute Gasteiger partial charge is 0.102 e. The van der Waals surface area contributed by atoms with Gasteiger partial charge in [0, 0.05) is 12.6 Å². The molecule has 1 fully saturated rings. The predicted molar refractivity (Wildman–Crippen MR) is 36.2 cm³/mol. The molecule has 0 spiro atoms. The molecule has 1 aliphatic carbocycles. The van der Waals surface area contributed by atoms with E-state index in [-0.39, 0.29) is 6.67 Å². The summed E-state index contributed by atoms with van der Waals surface area (Å²) in [6, 6.07) is 0.621. The second-order valence-electron chi connectivity index (χ2n) is 2.92. The van der Waals surface area contributed by atoms with Crippen LogP contribution in [-0.4, -0.2) is 19.3 Å². The van der Waals surface area contributed by atoms with Crippen molar-refractivity contribution in [3.05, 3.63) is 0 Å². The van der Waals surface area contributed by atoms with Crippen LogP contribution in [0.15, 0.2) is 0 Å². The Morgan fingerprint density at radius 2 is 2.22 bits per heavy atom. The monoisotopic (exact) mass is 131 g/mol. The van der Waals surface area contributed by atoms with Gasteiger partial charge < -0.3 is 5.32 Å². The van der Waals surface area contributed by atoms with Crippen LogP contribution in [0.2, 0.25) is 0 Å². The van der Waals surface area contributed by atoms with E-state index in [1.54, 1.807) is 0 Å². The van der Waals surface area contributed by atoms with Crippen LogP contribution in [0, 0.1) is 5.92 Å². The molecule has 0 radical (unpaired) electrons. The van der Waals surface area contributed by atoms with Crippen molar-refractivity contribution >= 4 is 0 Å². The van der Waals surface area contributed by atoms with Gasteiger partial charge in [-0.25, -0.2) is 4.39 Å². The SMILES string of the molecule is CC1CC(NCCF)C1. The zero-order valence-electron chi connectivity index (χ0n) is 5.86. The Kier molecular flexibility index (Phi) is 2.46. The van der Waals surface area contributed by atoms with Gasteiger partial charge in [0.15, 0.2) is 0 Å². The van der Waals surface area contributed by atoms with Crippen LogP contribution in [0.4, 0.5) is 4.39 Å². The lowest BCUT2D eigenvalue weighted by atomic mass is 9.82. The van der Waals surface area contributed by atoms with Crippen molar-refractivity contribution in [3.8, 4) is 0 Å². The van der Waals surface area contributed by atoms with Crippen molar-refractivity contribution < 1.29 is 4.39 Å². The normalized spacial score (nSPS) is 34.0. The fourth-order valence-electron chi connectivity index (χ4n) is 1.33. The highest BCUT2D eigenvalue weighted by atomic mass is 19.1. The first kappa shape index (κ1) is 7.00. The minimum absolute atomic E-state index is 0.231. The summed E-state index contributed by atoms with van der Waals surface area (Å²) >= 11 is 0. The molecule has 0 aromatic carbocycles. The van der Waals surface area contributed by atoms with Gasteiger partial charge in [-0.15, -0.1) is 0 Å². The molecule has 0 atom stereocenters. The zero-order valence-corrected chi connectivity index (χ0v) is 5.86. The molecule has 54 valence electrons. The van der Waals surface area contributed by atoms with E-state index in [1.165, 1.54) is 12.8 Å². The molecule has 1 saturated carbocycles. The molecule has 0 amide bonds. The lowest BCUT2D eigenvalue weighted by Crippen LogP contribution is -2.40. The molecule has 1 nitrogen and oxygen atoms in total. The van der Waals surface area contributed by atoms with Crippen molar-refractivity contribution in [2.45, 2.75) is 25.8 Å². The molecule has 1 aliphatic rings. The lowest BCUT2D eigenvalue weighted by molar-refractivity contribution is 0.236. The van der Waals surface area contributed by atoms with E-state index in [0.29, 0.717) is 12.6 Å². The zero-order chi connectivity index (χ0) is 6.69. The molecule has 1 N–H and O–H groups in total. The number of hydrogen-bond donors (Lipinski definition) is 1. The second kappa shape index (κ2) is 3.16. The number of halogens is 1. The fraction of sp³-hybridized carbons (Fsp3) is 1.00. The van der Waals surface area contributed by atoms with Crippen LogP contribution in [-0.2, 0) is 0 Å². The van der Waals surface area contributed by atoms with Crippen molar-refractivity contribution in [2.75, 3.05) is 13.2 Å². The van der Waals surface area contributed by atoms with Crippen LogP contribution in [0.1, 0.15) is 19.8 Å². The van der Waals surface area contributed by atoms with Gasteiger partial charge in [-0.2, -0.15) is 0 Å². The van der Waals surface area contributed by atoms with E-state index in [1.807, 2.05) is 0 Å². The molecule has 0 unspecified atom stereocenters. The average Bonchev–Trinajstić information content (AvgIpc) is 1.78. The molecular formula is C7H14FN. The quantitative estimate of drug-likeness (QED) is 0.609. The molecule has 0 bridgehead atoms. The van der Waals surface area contributed by atoms with Crippen molar-refractivity contribution in [3.63, 3.8) is 0 Å². The predicted octanol–water partition coefficient (Wildman–Crippen LogP) is 1.34. The summed E-state index contributed by atoms with van der Waals surface area (Å²) in [5.41, 5.74) is 0. The minimum Gasteiger partial charge on any atom is -0.311 e. The molecule has 0 heterocycles. The summed E-state index contributed by atoms with van der Waals surface area (Å²) in [4.78, 5) is 0. The topological polar surface area (TPSA) is 12.0 Å². The Morgan fingerprint density at radius 1 is 1.56 bits per heavy atom. The van der Waals surface area contributed by atoms with Crippen molar-refractivity contribution in [1.82, 2.24) is 5.32 Å². The van der Waals surface area contributed by atoms with Gasteiger partial charge in [-0.3, -0.25) is 0 Å². The van der Waals surface area contributed by atoms with Crippen LogP contribution >= 0.6 is 0 Å². The van der Waals surface area contributed by atoms with Crippen LogP contribution in [0.5, 0.6) is 0 Å². The Labute approximate surface area is 55.6 Å². The van der Waals surface area contributed by atoms with E-state index in [9.17, 15) is 4.39 Å². The summed E-state index contributed by atoms with van der Waals surface area (Å²) < 4.78 is 11.5. The molecule has 2 heteroatoms. The Balaban J connectivity index is 1.91. The number of alkyl halides is 1. The van der Waals surface area contributed by atoms with E-state index in [0.717, 1.165) is 5.92 Å². The van der Waals surface area contributed by atoms with E-state index in [2.05, 4.69) is 12.2 Å². The highest BCUT2D eigenvalue weighted by molar-refractivity contribution is 4.81. The molecule has 0 saturated heterocycles. The highest BCUT2D eigenvalue weighted by Gasteiger charge is 2.23. The first-order valence-corrected chi connectivity index (χ1v) is 3.62. The summed E-state index contributed by atoms with van der Waals surface area (Å²) in [5, 5.41) is 3.12. The molecule has 0 aromatic rings. The molecule has 0 aromatic heterocycles. The molecule has 1 rings (SSSR count). The van der Waals surface area contributed by atoms with Gasteiger partial charge in [0.2, 0.25) is 0 Å². The highest BCUT2D eigenvalue weighted by Crippen LogP contribution is 2.25. The Morgan fingerprint density at radius 3 is 2.67 bits per heavy atom. The van der Waals surface area contributed by atoms with Crippen molar-refractivity contribution in [2.24, 2.45) is 5.92 Å². The average molecular weight is 131 g/mol. The Hall–Kier alpha value is -0.110. The van der Waals surface area contributed by atoms with Crippen LogP contribution in [0.25, 0.3) is 0 Å². The van der Waals surface area contributed by atoms with Crippen LogP contribution in [0.3, 0.4) is 0 Å². The summed E-state index contributed by atoms with van der Waals surface area (Å²) in [6.07, 6.45) is 2.47. The minimum atomic E-state index is -0.231. The third kappa shape index (κ3) is 1.94. The molecular weight excluding hydrogens is 117 g/mol. The maximum absolute atomic E-state index is 11.5. The lowest BCUT2D eigenvalue weighted by Gasteiger charge is -2.33. The van der Waals surface area contributed by atoms with Crippen LogP contribution < -0.4 is 5.32 Å².